The van der Waals surface area contributed by atoms with Crippen LogP contribution in [0.5, 0.6) is 5.75 Å². The summed E-state index contributed by atoms with van der Waals surface area (Å²) in [5.41, 5.74) is 1.62. The lowest BCUT2D eigenvalue weighted by atomic mass is 10.3. The van der Waals surface area contributed by atoms with Gasteiger partial charge in [0.15, 0.2) is 17.3 Å². The van der Waals surface area contributed by atoms with Crippen LogP contribution in [-0.2, 0) is 0 Å². The van der Waals surface area contributed by atoms with E-state index in [1.807, 2.05) is 37.3 Å². The molecule has 2 rings (SSSR count). The minimum absolute atomic E-state index is 0.179. The molecule has 82 valence electrons. The Balaban J connectivity index is 2.15. The Labute approximate surface area is 94.9 Å². The molecule has 0 spiro atoms. The van der Waals surface area contributed by atoms with Crippen molar-refractivity contribution in [2.45, 2.75) is 26.4 Å². The summed E-state index contributed by atoms with van der Waals surface area (Å²) in [5.74, 6) is 6.73. The van der Waals surface area contributed by atoms with Crippen molar-refractivity contribution in [2.24, 2.45) is 0 Å². The summed E-state index contributed by atoms with van der Waals surface area (Å²) in [5, 5.41) is 0. The zero-order valence-corrected chi connectivity index (χ0v) is 9.49. The minimum Gasteiger partial charge on any atom is -0.469 e. The van der Waals surface area contributed by atoms with Crippen LogP contribution in [0.25, 0.3) is 12.2 Å². The monoisotopic (exact) mass is 214 g/mol. The van der Waals surface area contributed by atoms with Crippen molar-refractivity contribution in [1.29, 1.82) is 0 Å². The minimum atomic E-state index is -0.179. The normalized spacial score (nSPS) is 18.9. The van der Waals surface area contributed by atoms with Gasteiger partial charge in [0.1, 0.15) is 5.42 Å². The van der Waals surface area contributed by atoms with Gasteiger partial charge < -0.3 is 9.15 Å². The molecule has 1 atom stereocenters. The number of fused-ring (bicyclic) bond motifs is 1. The van der Waals surface area contributed by atoms with Crippen molar-refractivity contribution in [2.75, 3.05) is 0 Å². The summed E-state index contributed by atoms with van der Waals surface area (Å²) in [6.45, 7) is 4.01. The van der Waals surface area contributed by atoms with Gasteiger partial charge in [-0.05, 0) is 31.4 Å². The van der Waals surface area contributed by atoms with Crippen LogP contribution in [0.1, 0.15) is 20.3 Å². The SMILES string of the molecule is CC=c1cc2c(o1)=CC(C#CC=CCC)O2. The highest BCUT2D eigenvalue weighted by molar-refractivity contribution is 5.46. The maximum Gasteiger partial charge on any atom is 0.182 e. The predicted octanol–water partition coefficient (Wildman–Crippen LogP) is 1.59. The third-order valence-electron chi connectivity index (χ3n) is 2.25. The van der Waals surface area contributed by atoms with Gasteiger partial charge in [-0.25, -0.2) is 0 Å². The third kappa shape index (κ3) is 2.20. The largest absolute Gasteiger partial charge is 0.469 e. The molecule has 1 aliphatic heterocycles. The van der Waals surface area contributed by atoms with Crippen LogP contribution in [0.3, 0.4) is 0 Å². The molecular weight excluding hydrogens is 200 g/mol. The molecule has 0 N–H and O–H groups in total. The molecule has 2 nitrogen and oxygen atoms in total. The summed E-state index contributed by atoms with van der Waals surface area (Å²) in [4.78, 5) is 0. The highest BCUT2D eigenvalue weighted by Crippen LogP contribution is 2.10. The van der Waals surface area contributed by atoms with Crippen LogP contribution < -0.4 is 15.6 Å². The van der Waals surface area contributed by atoms with Gasteiger partial charge in [-0.1, -0.05) is 18.9 Å². The van der Waals surface area contributed by atoms with Crippen LogP contribution in [-0.4, -0.2) is 6.10 Å². The lowest BCUT2D eigenvalue weighted by Crippen LogP contribution is -2.06. The van der Waals surface area contributed by atoms with E-state index in [9.17, 15) is 0 Å². The van der Waals surface area contributed by atoms with E-state index in [0.29, 0.717) is 0 Å². The Morgan fingerprint density at radius 1 is 1.50 bits per heavy atom. The second-order valence-electron chi connectivity index (χ2n) is 3.47. The fourth-order valence-corrected chi connectivity index (χ4v) is 1.44. The molecule has 0 saturated heterocycles. The molecule has 2 heterocycles. The van der Waals surface area contributed by atoms with Crippen molar-refractivity contribution in [3.05, 3.63) is 29.0 Å². The van der Waals surface area contributed by atoms with Crippen molar-refractivity contribution in [3.8, 4) is 17.6 Å². The van der Waals surface area contributed by atoms with E-state index < -0.39 is 0 Å². The maximum atomic E-state index is 5.59. The van der Waals surface area contributed by atoms with Gasteiger partial charge in [0.25, 0.3) is 0 Å². The first-order valence-electron chi connectivity index (χ1n) is 5.44. The van der Waals surface area contributed by atoms with Crippen LogP contribution in [0.4, 0.5) is 0 Å². The molecule has 0 aromatic carbocycles. The van der Waals surface area contributed by atoms with Gasteiger partial charge in [0.05, 0.1) is 0 Å². The second kappa shape index (κ2) is 4.76. The lowest BCUT2D eigenvalue weighted by molar-refractivity contribution is 0.328. The van der Waals surface area contributed by atoms with E-state index in [2.05, 4.69) is 18.8 Å². The fraction of sp³-hybridized carbons (Fsp3) is 0.286. The molecule has 0 radical (unpaired) electrons. The molecule has 0 bridgehead atoms. The summed E-state index contributed by atoms with van der Waals surface area (Å²) in [6, 6.07) is 1.88. The Morgan fingerprint density at radius 2 is 2.38 bits per heavy atom. The topological polar surface area (TPSA) is 22.4 Å². The highest BCUT2D eigenvalue weighted by Gasteiger charge is 2.15. The number of furan rings is 1. The van der Waals surface area contributed by atoms with E-state index in [1.54, 1.807) is 0 Å². The first-order chi connectivity index (χ1) is 7.83. The molecule has 1 aromatic rings. The summed E-state index contributed by atoms with van der Waals surface area (Å²) in [7, 11) is 0. The second-order valence-corrected chi connectivity index (χ2v) is 3.47. The number of allylic oxidation sites excluding steroid dienone is 2. The number of ether oxygens (including phenoxy) is 1. The van der Waals surface area contributed by atoms with E-state index >= 15 is 0 Å². The van der Waals surface area contributed by atoms with Crippen LogP contribution >= 0.6 is 0 Å². The molecule has 0 aliphatic carbocycles. The summed E-state index contributed by atoms with van der Waals surface area (Å²) < 4.78 is 11.1. The smallest absolute Gasteiger partial charge is 0.182 e. The molecule has 0 saturated carbocycles. The predicted molar refractivity (Wildman–Crippen MR) is 64.2 cm³/mol. The van der Waals surface area contributed by atoms with Crippen molar-refractivity contribution < 1.29 is 9.15 Å². The lowest BCUT2D eigenvalue weighted by Gasteiger charge is -1.99. The Kier molecular flexibility index (Phi) is 3.16. The molecule has 2 heteroatoms. The first-order valence-corrected chi connectivity index (χ1v) is 5.44. The number of hydrogen-bond acceptors (Lipinski definition) is 2. The number of hydrogen-bond donors (Lipinski definition) is 0. The van der Waals surface area contributed by atoms with Crippen LogP contribution in [0, 0.1) is 11.8 Å². The Hall–Kier alpha value is -1.88. The van der Waals surface area contributed by atoms with E-state index in [0.717, 1.165) is 23.0 Å². The third-order valence-corrected chi connectivity index (χ3v) is 2.25. The van der Waals surface area contributed by atoms with Gasteiger partial charge in [0, 0.05) is 12.1 Å². The summed E-state index contributed by atoms with van der Waals surface area (Å²) >= 11 is 0. The molecule has 1 aliphatic rings. The van der Waals surface area contributed by atoms with E-state index in [1.165, 1.54) is 0 Å². The molecule has 16 heavy (non-hydrogen) atoms. The Morgan fingerprint density at radius 3 is 3.06 bits per heavy atom. The molecule has 0 fully saturated rings. The summed E-state index contributed by atoms with van der Waals surface area (Å²) in [6.07, 6.45) is 8.49. The van der Waals surface area contributed by atoms with Gasteiger partial charge in [-0.2, -0.15) is 0 Å². The van der Waals surface area contributed by atoms with E-state index in [4.69, 9.17) is 9.15 Å². The average Bonchev–Trinajstić information content (AvgIpc) is 2.81. The quantitative estimate of drug-likeness (QED) is 0.662. The fourth-order valence-electron chi connectivity index (χ4n) is 1.44. The molecular formula is C14H14O2. The molecule has 0 amide bonds. The van der Waals surface area contributed by atoms with E-state index in [-0.39, 0.29) is 6.10 Å². The van der Waals surface area contributed by atoms with Crippen LogP contribution in [0.15, 0.2) is 22.6 Å². The van der Waals surface area contributed by atoms with Crippen molar-refractivity contribution in [3.63, 3.8) is 0 Å². The zero-order valence-electron chi connectivity index (χ0n) is 9.49. The maximum absolute atomic E-state index is 5.59. The standard InChI is InChI=1S/C14H14O2/c1-3-5-6-7-8-12-10-14-13(16-12)9-11(4-2)15-14/h4-6,9-10,12H,3H2,1-2H3. The number of rotatable bonds is 1. The van der Waals surface area contributed by atoms with Gasteiger partial charge >= 0.3 is 0 Å². The molecule has 1 aromatic heterocycles. The Bertz CT molecular complexity index is 564. The van der Waals surface area contributed by atoms with Crippen molar-refractivity contribution >= 4 is 12.2 Å². The van der Waals surface area contributed by atoms with Gasteiger partial charge in [-0.15, -0.1) is 0 Å². The van der Waals surface area contributed by atoms with Crippen LogP contribution in [0.2, 0.25) is 0 Å². The van der Waals surface area contributed by atoms with Gasteiger partial charge in [0.2, 0.25) is 0 Å². The highest BCUT2D eigenvalue weighted by atomic mass is 16.5. The van der Waals surface area contributed by atoms with Gasteiger partial charge in [-0.3, -0.25) is 0 Å². The average molecular weight is 214 g/mol. The van der Waals surface area contributed by atoms with Crippen molar-refractivity contribution in [1.82, 2.24) is 0 Å². The first kappa shape index (κ1) is 10.6. The molecule has 1 unspecified atom stereocenters. The zero-order chi connectivity index (χ0) is 11.4.